The van der Waals surface area contributed by atoms with E-state index in [1.807, 2.05) is 73.7 Å². The van der Waals surface area contributed by atoms with E-state index in [1.54, 1.807) is 4.90 Å². The first-order valence-corrected chi connectivity index (χ1v) is 14.7. The van der Waals surface area contributed by atoms with Gasteiger partial charge < -0.3 is 20.3 Å². The average molecular weight is 542 g/mol. The molecule has 7 nitrogen and oxygen atoms in total. The highest BCUT2D eigenvalue weighted by Crippen LogP contribution is 2.55. The summed E-state index contributed by atoms with van der Waals surface area (Å²) in [7, 11) is 0. The van der Waals surface area contributed by atoms with Crippen LogP contribution in [0.5, 0.6) is 0 Å². The van der Waals surface area contributed by atoms with Gasteiger partial charge in [-0.15, -0.1) is 0 Å². The molecule has 40 heavy (non-hydrogen) atoms. The smallest absolute Gasteiger partial charge is 0.246 e. The van der Waals surface area contributed by atoms with E-state index in [2.05, 4.69) is 24.5 Å². The maximum Gasteiger partial charge on any atom is 0.246 e. The Labute approximate surface area is 236 Å². The van der Waals surface area contributed by atoms with Gasteiger partial charge in [0.1, 0.15) is 11.6 Å². The second-order valence-electron chi connectivity index (χ2n) is 12.2. The molecule has 1 aliphatic carbocycles. The largest absolute Gasteiger partial charge is 0.359 e. The Morgan fingerprint density at radius 2 is 1.85 bits per heavy atom. The zero-order chi connectivity index (χ0) is 28.0. The van der Waals surface area contributed by atoms with Gasteiger partial charge in [-0.3, -0.25) is 14.4 Å². The maximum absolute atomic E-state index is 14.2. The van der Waals surface area contributed by atoms with Gasteiger partial charge in [-0.2, -0.15) is 0 Å². The second kappa shape index (κ2) is 10.5. The number of ether oxygens (including phenoxy) is 1. The Morgan fingerprint density at radius 1 is 1.05 bits per heavy atom. The first kappa shape index (κ1) is 26.8. The molecule has 6 rings (SSSR count). The van der Waals surface area contributed by atoms with Crippen molar-refractivity contribution in [1.29, 1.82) is 0 Å². The predicted octanol–water partition coefficient (Wildman–Crippen LogP) is 4.27. The van der Waals surface area contributed by atoms with Crippen LogP contribution >= 0.6 is 0 Å². The maximum atomic E-state index is 14.2. The summed E-state index contributed by atoms with van der Waals surface area (Å²) in [6.45, 7) is 6.79. The molecule has 7 heteroatoms. The second-order valence-corrected chi connectivity index (χ2v) is 12.2. The molecule has 1 spiro atoms. The van der Waals surface area contributed by atoms with Crippen molar-refractivity contribution in [3.05, 3.63) is 77.9 Å². The number of benzene rings is 2. The summed E-state index contributed by atoms with van der Waals surface area (Å²) in [5.74, 6) is -1.19. The zero-order valence-corrected chi connectivity index (χ0v) is 23.5. The molecule has 0 radical (unpaired) electrons. The predicted molar refractivity (Wildman–Crippen MR) is 153 cm³/mol. The number of hydrogen-bond donors (Lipinski definition) is 2. The van der Waals surface area contributed by atoms with Gasteiger partial charge in [0.15, 0.2) is 0 Å². The first-order valence-electron chi connectivity index (χ1n) is 14.7. The lowest BCUT2D eigenvalue weighted by Gasteiger charge is -2.38. The number of anilines is 1. The van der Waals surface area contributed by atoms with Crippen LogP contribution in [0, 0.1) is 30.6 Å². The van der Waals surface area contributed by atoms with Gasteiger partial charge in [0, 0.05) is 18.3 Å². The molecular weight excluding hydrogens is 502 g/mol. The Kier molecular flexibility index (Phi) is 7.03. The van der Waals surface area contributed by atoms with Gasteiger partial charge in [0.25, 0.3) is 0 Å². The van der Waals surface area contributed by atoms with Crippen LogP contribution in [-0.2, 0) is 25.5 Å². The fraction of sp³-hybridized carbons (Fsp3) is 0.485. The summed E-state index contributed by atoms with van der Waals surface area (Å²) in [6.07, 6.45) is 7.00. The number of nitrogens with one attached hydrogen (secondary N) is 2. The third kappa shape index (κ3) is 4.54. The Morgan fingerprint density at radius 3 is 2.62 bits per heavy atom. The molecule has 2 saturated heterocycles. The van der Waals surface area contributed by atoms with E-state index in [-0.39, 0.29) is 23.8 Å². The van der Waals surface area contributed by atoms with E-state index in [0.29, 0.717) is 30.5 Å². The van der Waals surface area contributed by atoms with Gasteiger partial charge in [-0.05, 0) is 54.9 Å². The molecule has 2 aromatic carbocycles. The number of carbonyl (C=O) groups is 3. The van der Waals surface area contributed by atoms with Crippen LogP contribution in [0.1, 0.15) is 44.2 Å². The number of hydrogen-bond acceptors (Lipinski definition) is 4. The molecule has 2 N–H and O–H groups in total. The third-order valence-electron chi connectivity index (χ3n) is 9.73. The minimum atomic E-state index is -1.15. The van der Waals surface area contributed by atoms with Crippen molar-refractivity contribution in [2.75, 3.05) is 11.9 Å². The third-order valence-corrected chi connectivity index (χ3v) is 9.73. The fourth-order valence-corrected chi connectivity index (χ4v) is 7.40. The molecular formula is C33H39N3O4. The van der Waals surface area contributed by atoms with Crippen LogP contribution in [0.3, 0.4) is 0 Å². The Bertz CT molecular complexity index is 1330. The van der Waals surface area contributed by atoms with Crippen molar-refractivity contribution in [2.45, 2.75) is 70.2 Å². The average Bonchev–Trinajstić information content (AvgIpc) is 3.58. The quantitative estimate of drug-likeness (QED) is 0.513. The van der Waals surface area contributed by atoms with E-state index in [0.717, 1.165) is 30.4 Å². The SMILES string of the molecule is Cc1cccc(NC(=O)[C@@H]2[C@@H]3C=C[C@]4(O3)[C@@H]2C(=O)N(CCc2ccccc2)[C@H]4C(=O)N[C@@H]2CCC[C@@H](C)[C@H]2C)c1. The van der Waals surface area contributed by atoms with Crippen molar-refractivity contribution in [3.63, 3.8) is 0 Å². The fourth-order valence-electron chi connectivity index (χ4n) is 7.40. The van der Waals surface area contributed by atoms with Crippen LogP contribution in [0.25, 0.3) is 0 Å². The number of aryl methyl sites for hydroxylation is 1. The molecule has 3 heterocycles. The summed E-state index contributed by atoms with van der Waals surface area (Å²) in [5.41, 5.74) is 1.66. The molecule has 3 aliphatic heterocycles. The van der Waals surface area contributed by atoms with Gasteiger partial charge in [-0.1, -0.05) is 81.3 Å². The topological polar surface area (TPSA) is 87.7 Å². The summed E-state index contributed by atoms with van der Waals surface area (Å²) < 4.78 is 6.51. The number of likely N-dealkylation sites (tertiary alicyclic amines) is 1. The van der Waals surface area contributed by atoms with E-state index in [9.17, 15) is 14.4 Å². The highest BCUT2D eigenvalue weighted by atomic mass is 16.5. The van der Waals surface area contributed by atoms with Crippen LogP contribution in [0.4, 0.5) is 5.69 Å². The molecule has 8 atom stereocenters. The van der Waals surface area contributed by atoms with Crippen molar-refractivity contribution in [2.24, 2.45) is 23.7 Å². The summed E-state index contributed by atoms with van der Waals surface area (Å²) in [4.78, 5) is 43.7. The molecule has 2 bridgehead atoms. The van der Waals surface area contributed by atoms with Crippen molar-refractivity contribution in [3.8, 4) is 0 Å². The molecule has 2 aromatic rings. The number of rotatable bonds is 7. The van der Waals surface area contributed by atoms with E-state index < -0.39 is 29.6 Å². The normalized spacial score (nSPS) is 34.1. The van der Waals surface area contributed by atoms with Crippen molar-refractivity contribution >= 4 is 23.4 Å². The van der Waals surface area contributed by atoms with Crippen molar-refractivity contribution in [1.82, 2.24) is 10.2 Å². The Balaban J connectivity index is 1.30. The van der Waals surface area contributed by atoms with Crippen LogP contribution < -0.4 is 10.6 Å². The van der Waals surface area contributed by atoms with Gasteiger partial charge in [0.2, 0.25) is 17.7 Å². The Hall–Kier alpha value is -3.45. The standard InChI is InChI=1S/C33H39N3O4/c1-20-9-7-13-24(19-20)34-30(37)27-26-15-17-33(40-26)28(27)32(39)36(18-16-23-11-5-4-6-12-23)29(33)31(38)35-25-14-8-10-21(2)22(25)3/h4-7,9,11-13,15,17,19,21-22,25-29H,8,10,14,16,18H2,1-3H3,(H,34,37)(H,35,38)/t21-,22-,25-,26+,27-,28+,29+,33+/m1/s1. The highest BCUT2D eigenvalue weighted by molar-refractivity contribution is 6.02. The summed E-state index contributed by atoms with van der Waals surface area (Å²) in [6, 6.07) is 16.8. The molecule has 1 saturated carbocycles. The van der Waals surface area contributed by atoms with E-state index in [1.165, 1.54) is 0 Å². The molecule has 0 aromatic heterocycles. The minimum absolute atomic E-state index is 0.0563. The molecule has 210 valence electrons. The summed E-state index contributed by atoms with van der Waals surface area (Å²) >= 11 is 0. The van der Waals surface area contributed by atoms with Crippen LogP contribution in [0.2, 0.25) is 0 Å². The van der Waals surface area contributed by atoms with E-state index in [4.69, 9.17) is 4.74 Å². The lowest BCUT2D eigenvalue weighted by Crippen LogP contribution is -2.58. The number of amides is 3. The number of carbonyl (C=O) groups excluding carboxylic acids is 3. The van der Waals surface area contributed by atoms with Gasteiger partial charge >= 0.3 is 0 Å². The monoisotopic (exact) mass is 541 g/mol. The minimum Gasteiger partial charge on any atom is -0.359 e. The highest BCUT2D eigenvalue weighted by Gasteiger charge is 2.72. The van der Waals surface area contributed by atoms with Gasteiger partial charge in [0.05, 0.1) is 17.9 Å². The molecule has 3 amide bonds. The molecule has 0 unspecified atom stereocenters. The van der Waals surface area contributed by atoms with Crippen LogP contribution in [0.15, 0.2) is 66.7 Å². The van der Waals surface area contributed by atoms with E-state index >= 15 is 0 Å². The molecule has 3 fully saturated rings. The number of fused-ring (bicyclic) bond motifs is 1. The first-order chi connectivity index (χ1) is 19.3. The molecule has 4 aliphatic rings. The lowest BCUT2D eigenvalue weighted by molar-refractivity contribution is -0.141. The zero-order valence-electron chi connectivity index (χ0n) is 23.5. The lowest BCUT2D eigenvalue weighted by atomic mass is 9.73. The number of nitrogens with zero attached hydrogens (tertiary/aromatic N) is 1. The van der Waals surface area contributed by atoms with Gasteiger partial charge in [-0.25, -0.2) is 0 Å². The summed E-state index contributed by atoms with van der Waals surface area (Å²) in [5, 5.41) is 6.33. The van der Waals surface area contributed by atoms with Crippen LogP contribution in [-0.4, -0.2) is 53.0 Å². The van der Waals surface area contributed by atoms with Crippen molar-refractivity contribution < 1.29 is 19.1 Å².